The van der Waals surface area contributed by atoms with Crippen LogP contribution in [-0.2, 0) is 22.4 Å². The molecular formula is C22H28N6O2S2. The summed E-state index contributed by atoms with van der Waals surface area (Å²) in [4.78, 5) is 26.8. The molecule has 32 heavy (non-hydrogen) atoms. The van der Waals surface area contributed by atoms with Gasteiger partial charge >= 0.3 is 0 Å². The van der Waals surface area contributed by atoms with Gasteiger partial charge in [0, 0.05) is 41.2 Å². The number of nitrogens with two attached hydrogens (primary N) is 2. The largest absolute Gasteiger partial charge is 0.398 e. The van der Waals surface area contributed by atoms with Crippen LogP contribution in [0.15, 0.2) is 29.4 Å². The third-order valence-electron chi connectivity index (χ3n) is 6.01. The van der Waals surface area contributed by atoms with Crippen LogP contribution in [0.2, 0.25) is 0 Å². The van der Waals surface area contributed by atoms with E-state index in [1.54, 1.807) is 24.8 Å². The second-order valence-corrected chi connectivity index (χ2v) is 9.85. The highest BCUT2D eigenvalue weighted by Crippen LogP contribution is 2.41. The van der Waals surface area contributed by atoms with E-state index in [0.29, 0.717) is 12.3 Å². The van der Waals surface area contributed by atoms with Crippen molar-refractivity contribution in [3.63, 3.8) is 0 Å². The van der Waals surface area contributed by atoms with Gasteiger partial charge < -0.3 is 20.7 Å². The number of amides is 1. The first-order valence-electron chi connectivity index (χ1n) is 10.5. The van der Waals surface area contributed by atoms with Crippen LogP contribution in [-0.4, -0.2) is 47.6 Å². The molecule has 1 aromatic carbocycles. The van der Waals surface area contributed by atoms with Gasteiger partial charge in [0.25, 0.3) is 0 Å². The second kappa shape index (κ2) is 9.62. The Morgan fingerprint density at radius 3 is 3.00 bits per heavy atom. The molecule has 1 amide bonds. The standard InChI is InChI=1S/C22H28N6O2S2/c1-12(10-30-3)28(2)22(29)13-4-6-15-17(8-13)31-21-19(15)20(25-11-26-21)27-14-5-7-16(23)18(9-14)32-24/h5,7,9,11-13H,4,6,8,10,23-24H2,1-3H3,(H,25,26,27). The molecule has 4 rings (SSSR count). The SMILES string of the molecule is COCC(C)N(C)C(=O)C1CCc2c(sc3ncnc(Nc4ccc(N)c(SN)c4)c23)C1. The summed E-state index contributed by atoms with van der Waals surface area (Å²) in [6, 6.07) is 5.71. The number of methoxy groups -OCH3 is 1. The highest BCUT2D eigenvalue weighted by molar-refractivity contribution is 7.97. The summed E-state index contributed by atoms with van der Waals surface area (Å²) in [5.41, 5.74) is 8.71. The number of aromatic nitrogens is 2. The Bertz CT molecular complexity index is 1140. The van der Waals surface area contributed by atoms with Crippen LogP contribution in [0.25, 0.3) is 10.2 Å². The molecule has 3 aromatic rings. The van der Waals surface area contributed by atoms with Gasteiger partial charge in [-0.3, -0.25) is 9.93 Å². The van der Waals surface area contributed by atoms with Crippen LogP contribution >= 0.6 is 23.3 Å². The van der Waals surface area contributed by atoms with Gasteiger partial charge in [-0.1, -0.05) is 0 Å². The zero-order valence-corrected chi connectivity index (χ0v) is 20.1. The molecule has 2 aromatic heterocycles. The summed E-state index contributed by atoms with van der Waals surface area (Å²) in [5, 5.41) is 10.2. The highest BCUT2D eigenvalue weighted by atomic mass is 32.2. The van der Waals surface area contributed by atoms with Gasteiger partial charge in [-0.15, -0.1) is 11.3 Å². The predicted octanol–water partition coefficient (Wildman–Crippen LogP) is 3.58. The van der Waals surface area contributed by atoms with Crippen molar-refractivity contribution in [2.75, 3.05) is 31.8 Å². The third-order valence-corrected chi connectivity index (χ3v) is 7.78. The molecule has 0 aliphatic heterocycles. The van der Waals surface area contributed by atoms with E-state index in [1.165, 1.54) is 10.4 Å². The number of nitrogens with one attached hydrogen (secondary N) is 1. The number of hydrogen-bond acceptors (Lipinski definition) is 9. The number of anilines is 3. The molecule has 5 N–H and O–H groups in total. The Labute approximate surface area is 195 Å². The maximum atomic E-state index is 13.0. The number of carbonyl (C=O) groups is 1. The lowest BCUT2D eigenvalue weighted by molar-refractivity contribution is -0.137. The van der Waals surface area contributed by atoms with E-state index in [9.17, 15) is 4.79 Å². The Kier molecular flexibility index (Phi) is 6.85. The summed E-state index contributed by atoms with van der Waals surface area (Å²) < 4.78 is 5.21. The monoisotopic (exact) mass is 472 g/mol. The molecule has 2 heterocycles. The molecule has 10 heteroatoms. The Hall–Kier alpha value is -2.40. The number of benzene rings is 1. The van der Waals surface area contributed by atoms with E-state index in [4.69, 9.17) is 15.6 Å². The Morgan fingerprint density at radius 2 is 2.25 bits per heavy atom. The minimum absolute atomic E-state index is 0.0227. The number of fused-ring (bicyclic) bond motifs is 3. The summed E-state index contributed by atoms with van der Waals surface area (Å²) in [6.45, 7) is 2.54. The van der Waals surface area contributed by atoms with E-state index in [2.05, 4.69) is 15.3 Å². The molecule has 0 spiro atoms. The fraction of sp³-hybridized carbons (Fsp3) is 0.409. The van der Waals surface area contributed by atoms with Crippen LogP contribution < -0.4 is 16.2 Å². The number of hydrogen-bond donors (Lipinski definition) is 3. The van der Waals surface area contributed by atoms with Crippen molar-refractivity contribution in [3.05, 3.63) is 35.0 Å². The average Bonchev–Trinajstić information content (AvgIpc) is 3.18. The van der Waals surface area contributed by atoms with Gasteiger partial charge in [0.05, 0.1) is 18.0 Å². The Morgan fingerprint density at radius 1 is 1.44 bits per heavy atom. The molecule has 1 aliphatic carbocycles. The molecule has 0 fully saturated rings. The van der Waals surface area contributed by atoms with E-state index < -0.39 is 0 Å². The number of rotatable bonds is 7. The van der Waals surface area contributed by atoms with Crippen molar-refractivity contribution in [1.82, 2.24) is 14.9 Å². The fourth-order valence-electron chi connectivity index (χ4n) is 4.12. The summed E-state index contributed by atoms with van der Waals surface area (Å²) in [6.07, 6.45) is 3.94. The van der Waals surface area contributed by atoms with E-state index in [1.807, 2.05) is 37.1 Å². The molecular weight excluding hydrogens is 444 g/mol. The average molecular weight is 473 g/mol. The first-order valence-corrected chi connectivity index (χ1v) is 12.2. The highest BCUT2D eigenvalue weighted by Gasteiger charge is 2.31. The number of aryl methyl sites for hydroxylation is 1. The molecule has 0 bridgehead atoms. The number of ether oxygens (including phenoxy) is 1. The van der Waals surface area contributed by atoms with Crippen LogP contribution in [0, 0.1) is 5.92 Å². The second-order valence-electron chi connectivity index (χ2n) is 8.09. The molecule has 170 valence electrons. The summed E-state index contributed by atoms with van der Waals surface area (Å²) in [5.74, 6) is 0.919. The normalized spacial score (nSPS) is 16.6. The topological polar surface area (TPSA) is 119 Å². The van der Waals surface area contributed by atoms with Crippen LogP contribution in [0.1, 0.15) is 23.8 Å². The van der Waals surface area contributed by atoms with Crippen molar-refractivity contribution in [3.8, 4) is 0 Å². The molecule has 2 atom stereocenters. The Balaban J connectivity index is 1.60. The smallest absolute Gasteiger partial charge is 0.226 e. The van der Waals surface area contributed by atoms with Crippen molar-refractivity contribution in [1.29, 1.82) is 0 Å². The third kappa shape index (κ3) is 4.40. The minimum Gasteiger partial charge on any atom is -0.398 e. The maximum Gasteiger partial charge on any atom is 0.226 e. The van der Waals surface area contributed by atoms with E-state index >= 15 is 0 Å². The van der Waals surface area contributed by atoms with Gasteiger partial charge in [-0.05, 0) is 61.9 Å². The maximum absolute atomic E-state index is 13.0. The van der Waals surface area contributed by atoms with Crippen molar-refractivity contribution in [2.45, 2.75) is 37.1 Å². The lowest BCUT2D eigenvalue weighted by atomic mass is 9.86. The number of likely N-dealkylation sites (N-methyl/N-ethyl adjacent to an activating group) is 1. The summed E-state index contributed by atoms with van der Waals surface area (Å²) in [7, 11) is 3.52. The van der Waals surface area contributed by atoms with E-state index in [0.717, 1.165) is 57.8 Å². The van der Waals surface area contributed by atoms with Crippen LogP contribution in [0.3, 0.4) is 0 Å². The van der Waals surface area contributed by atoms with Crippen LogP contribution in [0.5, 0.6) is 0 Å². The zero-order valence-electron chi connectivity index (χ0n) is 18.4. The molecule has 0 saturated carbocycles. The molecule has 0 saturated heterocycles. The van der Waals surface area contributed by atoms with Gasteiger partial charge in [0.2, 0.25) is 5.91 Å². The quantitative estimate of drug-likeness (QED) is 0.353. The molecule has 2 unspecified atom stereocenters. The summed E-state index contributed by atoms with van der Waals surface area (Å²) >= 11 is 2.77. The fourth-order valence-corrected chi connectivity index (χ4v) is 5.79. The molecule has 8 nitrogen and oxygen atoms in total. The van der Waals surface area contributed by atoms with Gasteiger partial charge in [-0.25, -0.2) is 9.97 Å². The number of carbonyl (C=O) groups excluding carboxylic acids is 1. The molecule has 0 radical (unpaired) electrons. The zero-order chi connectivity index (χ0) is 22.8. The van der Waals surface area contributed by atoms with E-state index in [-0.39, 0.29) is 17.9 Å². The van der Waals surface area contributed by atoms with Gasteiger partial charge in [0.1, 0.15) is 17.0 Å². The predicted molar refractivity (Wildman–Crippen MR) is 131 cm³/mol. The lowest BCUT2D eigenvalue weighted by Crippen LogP contribution is -2.42. The number of thiophene rings is 1. The van der Waals surface area contributed by atoms with Crippen molar-refractivity contribution < 1.29 is 9.53 Å². The number of nitrogen functional groups attached to an aromatic ring is 1. The number of nitrogens with zero attached hydrogens (tertiary/aromatic N) is 3. The molecule has 1 aliphatic rings. The lowest BCUT2D eigenvalue weighted by Gasteiger charge is -2.30. The first-order chi connectivity index (χ1) is 15.4. The van der Waals surface area contributed by atoms with Gasteiger partial charge in [-0.2, -0.15) is 0 Å². The van der Waals surface area contributed by atoms with Crippen molar-refractivity contribution >= 4 is 56.6 Å². The van der Waals surface area contributed by atoms with Crippen LogP contribution in [0.4, 0.5) is 17.2 Å². The minimum atomic E-state index is -0.0227. The van der Waals surface area contributed by atoms with Gasteiger partial charge in [0.15, 0.2) is 0 Å². The first kappa shape index (κ1) is 22.8. The van der Waals surface area contributed by atoms with Crippen molar-refractivity contribution in [2.24, 2.45) is 11.1 Å².